The van der Waals surface area contributed by atoms with Gasteiger partial charge in [0.2, 0.25) is 0 Å². The molecule has 2 aliphatic rings. The lowest BCUT2D eigenvalue weighted by Gasteiger charge is -2.21. The molecule has 1 saturated heterocycles. The van der Waals surface area contributed by atoms with E-state index in [1.165, 1.54) is 31.4 Å². The third-order valence-corrected chi connectivity index (χ3v) is 4.72. The third-order valence-electron chi connectivity index (χ3n) is 4.72. The zero-order valence-corrected chi connectivity index (χ0v) is 15.2. The molecule has 0 bridgehead atoms. The summed E-state index contributed by atoms with van der Waals surface area (Å²) in [5.74, 6) is -0.406. The Hall–Kier alpha value is -3.49. The van der Waals surface area contributed by atoms with Gasteiger partial charge in [-0.1, -0.05) is 17.4 Å². The number of carbonyl (C=O) groups excluding carboxylic acids is 2. The molecule has 2 aromatic rings. The largest absolute Gasteiger partial charge is 0.493 e. The Morgan fingerprint density at radius 2 is 1.82 bits per heavy atom. The molecule has 28 heavy (non-hydrogen) atoms. The number of halogens is 1. The molecule has 2 amide bonds. The predicted octanol–water partition coefficient (Wildman–Crippen LogP) is 2.34. The first-order valence-electron chi connectivity index (χ1n) is 8.55. The molecule has 0 radical (unpaired) electrons. The summed E-state index contributed by atoms with van der Waals surface area (Å²) in [7, 11) is 2.97. The van der Waals surface area contributed by atoms with Gasteiger partial charge >= 0.3 is 0 Å². The number of ether oxygens (including phenoxy) is 2. The molecule has 8 nitrogen and oxygen atoms in total. The van der Waals surface area contributed by atoms with E-state index in [9.17, 15) is 14.0 Å². The highest BCUT2D eigenvalue weighted by Crippen LogP contribution is 2.36. The molecule has 1 fully saturated rings. The number of rotatable bonds is 5. The van der Waals surface area contributed by atoms with Crippen LogP contribution >= 0.6 is 0 Å². The Morgan fingerprint density at radius 1 is 1.04 bits per heavy atom. The van der Waals surface area contributed by atoms with Crippen LogP contribution in [0.25, 0.3) is 0 Å². The second kappa shape index (κ2) is 6.91. The molecule has 0 unspecified atom stereocenters. The maximum Gasteiger partial charge on any atom is 0.263 e. The van der Waals surface area contributed by atoms with Gasteiger partial charge in [0, 0.05) is 6.07 Å². The molecule has 0 aliphatic carbocycles. The molecule has 0 aromatic heterocycles. The van der Waals surface area contributed by atoms with Gasteiger partial charge in [-0.05, 0) is 29.8 Å². The van der Waals surface area contributed by atoms with Crippen molar-refractivity contribution in [2.45, 2.75) is 18.6 Å². The quantitative estimate of drug-likeness (QED) is 0.739. The van der Waals surface area contributed by atoms with Gasteiger partial charge in [-0.25, -0.2) is 9.29 Å². The van der Waals surface area contributed by atoms with E-state index in [-0.39, 0.29) is 12.4 Å². The third kappa shape index (κ3) is 2.84. The minimum Gasteiger partial charge on any atom is -0.493 e. The average Bonchev–Trinajstić information content (AvgIpc) is 3.21. The van der Waals surface area contributed by atoms with E-state index in [1.54, 1.807) is 30.3 Å². The molecule has 4 rings (SSSR count). The fourth-order valence-electron chi connectivity index (χ4n) is 3.39. The van der Waals surface area contributed by atoms with E-state index in [2.05, 4.69) is 10.3 Å². The van der Waals surface area contributed by atoms with E-state index < -0.39 is 23.9 Å². The van der Waals surface area contributed by atoms with Crippen molar-refractivity contribution in [2.24, 2.45) is 10.3 Å². The molecule has 0 N–H and O–H groups in total. The average molecular weight is 384 g/mol. The van der Waals surface area contributed by atoms with Crippen LogP contribution in [0, 0.1) is 5.82 Å². The summed E-state index contributed by atoms with van der Waals surface area (Å²) in [6.45, 7) is 0.168. The summed E-state index contributed by atoms with van der Waals surface area (Å²) >= 11 is 0. The summed E-state index contributed by atoms with van der Waals surface area (Å²) in [5, 5.41) is 9.35. The zero-order chi connectivity index (χ0) is 19.8. The van der Waals surface area contributed by atoms with Crippen molar-refractivity contribution in [3.8, 4) is 11.5 Å². The first-order valence-corrected chi connectivity index (χ1v) is 8.55. The van der Waals surface area contributed by atoms with Crippen LogP contribution in [0.4, 0.5) is 10.1 Å². The molecular weight excluding hydrogens is 367 g/mol. The summed E-state index contributed by atoms with van der Waals surface area (Å²) in [4.78, 5) is 26.9. The summed E-state index contributed by atoms with van der Waals surface area (Å²) in [5.41, 5.74) is 0.993. The molecule has 9 heteroatoms. The van der Waals surface area contributed by atoms with Gasteiger partial charge in [0.25, 0.3) is 11.8 Å². The Balaban J connectivity index is 1.61. The first kappa shape index (κ1) is 17.9. The van der Waals surface area contributed by atoms with Crippen molar-refractivity contribution in [3.63, 3.8) is 0 Å². The number of anilines is 1. The monoisotopic (exact) mass is 384 g/mol. The van der Waals surface area contributed by atoms with E-state index in [0.29, 0.717) is 22.7 Å². The van der Waals surface area contributed by atoms with Gasteiger partial charge in [-0.2, -0.15) is 5.11 Å². The Bertz CT molecular complexity index is 980. The molecule has 0 saturated carbocycles. The lowest BCUT2D eigenvalue weighted by atomic mass is 10.1. The minimum absolute atomic E-state index is 0.168. The number of amides is 2. The molecule has 2 aromatic carbocycles. The van der Waals surface area contributed by atoms with Crippen molar-refractivity contribution in [2.75, 3.05) is 19.1 Å². The maximum absolute atomic E-state index is 13.4. The number of fused-ring (bicyclic) bond motifs is 1. The predicted molar refractivity (Wildman–Crippen MR) is 96.4 cm³/mol. The number of methoxy groups -OCH3 is 2. The van der Waals surface area contributed by atoms with Crippen molar-refractivity contribution in [1.82, 2.24) is 5.01 Å². The SMILES string of the molecule is COc1ccc(N2C(=O)[C@H]3N=NN(Cc4cccc(F)c4)[C@H]3C2=O)cc1OC. The highest BCUT2D eigenvalue weighted by Gasteiger charge is 2.54. The lowest BCUT2D eigenvalue weighted by Crippen LogP contribution is -2.39. The summed E-state index contributed by atoms with van der Waals surface area (Å²) in [6, 6.07) is 8.99. The van der Waals surface area contributed by atoms with Crippen LogP contribution in [0.2, 0.25) is 0 Å². The number of hydrogen-bond donors (Lipinski definition) is 0. The fraction of sp³-hybridized carbons (Fsp3) is 0.263. The molecule has 0 spiro atoms. The van der Waals surface area contributed by atoms with Crippen LogP contribution in [-0.4, -0.2) is 43.1 Å². The van der Waals surface area contributed by atoms with Gasteiger partial charge in [-0.15, -0.1) is 0 Å². The first-order chi connectivity index (χ1) is 13.5. The number of hydrogen-bond acceptors (Lipinski definition) is 7. The Morgan fingerprint density at radius 3 is 2.54 bits per heavy atom. The van der Waals surface area contributed by atoms with Gasteiger partial charge < -0.3 is 9.47 Å². The molecule has 2 aliphatic heterocycles. The van der Waals surface area contributed by atoms with Crippen LogP contribution < -0.4 is 14.4 Å². The highest BCUT2D eigenvalue weighted by molar-refractivity contribution is 6.25. The van der Waals surface area contributed by atoms with Gasteiger partial charge in [0.1, 0.15) is 5.82 Å². The number of carbonyl (C=O) groups is 2. The Kier molecular flexibility index (Phi) is 4.42. The number of benzene rings is 2. The molecule has 144 valence electrons. The number of nitrogens with zero attached hydrogens (tertiary/aromatic N) is 4. The van der Waals surface area contributed by atoms with Crippen LogP contribution in [0.3, 0.4) is 0 Å². The molecular formula is C19H17FN4O4. The van der Waals surface area contributed by atoms with Crippen molar-refractivity contribution in [1.29, 1.82) is 0 Å². The van der Waals surface area contributed by atoms with Gasteiger partial charge in [-0.3, -0.25) is 14.6 Å². The molecule has 2 heterocycles. The maximum atomic E-state index is 13.4. The van der Waals surface area contributed by atoms with Gasteiger partial charge in [0.05, 0.1) is 26.5 Å². The van der Waals surface area contributed by atoms with Crippen LogP contribution in [0.1, 0.15) is 5.56 Å². The summed E-state index contributed by atoms with van der Waals surface area (Å²) in [6.07, 6.45) is 0. The van der Waals surface area contributed by atoms with Crippen LogP contribution in [0.5, 0.6) is 11.5 Å². The Labute approximate surface area is 160 Å². The van der Waals surface area contributed by atoms with E-state index in [0.717, 1.165) is 4.90 Å². The molecule has 2 atom stereocenters. The van der Waals surface area contributed by atoms with Crippen molar-refractivity contribution < 1.29 is 23.5 Å². The van der Waals surface area contributed by atoms with Crippen LogP contribution in [0.15, 0.2) is 52.8 Å². The van der Waals surface area contributed by atoms with Crippen LogP contribution in [-0.2, 0) is 16.1 Å². The fourth-order valence-corrected chi connectivity index (χ4v) is 3.39. The van der Waals surface area contributed by atoms with Crippen molar-refractivity contribution >= 4 is 17.5 Å². The topological polar surface area (TPSA) is 83.8 Å². The smallest absolute Gasteiger partial charge is 0.263 e. The second-order valence-electron chi connectivity index (χ2n) is 6.37. The van der Waals surface area contributed by atoms with E-state index in [1.807, 2.05) is 0 Å². The zero-order valence-electron chi connectivity index (χ0n) is 15.2. The normalized spacial score (nSPS) is 20.7. The summed E-state index contributed by atoms with van der Waals surface area (Å²) < 4.78 is 23.9. The number of imide groups is 1. The minimum atomic E-state index is -0.922. The standard InChI is InChI=1S/C19H17FN4O4/c1-27-14-7-6-13(9-15(14)28-2)24-18(25)16-17(19(24)26)23(22-21-16)10-11-4-3-5-12(20)8-11/h3-9,16-17H,10H2,1-2H3/t16-,17+/m0/s1. The van der Waals surface area contributed by atoms with Gasteiger partial charge in [0.15, 0.2) is 23.6 Å². The lowest BCUT2D eigenvalue weighted by molar-refractivity contribution is -0.123. The van der Waals surface area contributed by atoms with E-state index in [4.69, 9.17) is 9.47 Å². The highest BCUT2D eigenvalue weighted by atomic mass is 19.1. The van der Waals surface area contributed by atoms with Crippen molar-refractivity contribution in [3.05, 3.63) is 53.8 Å². The second-order valence-corrected chi connectivity index (χ2v) is 6.37. The van der Waals surface area contributed by atoms with E-state index >= 15 is 0 Å².